The van der Waals surface area contributed by atoms with Crippen LogP contribution in [0.2, 0.25) is 0 Å². The van der Waals surface area contributed by atoms with Crippen molar-refractivity contribution in [2.45, 2.75) is 26.7 Å². The quantitative estimate of drug-likeness (QED) is 0.775. The molecule has 0 saturated carbocycles. The highest BCUT2D eigenvalue weighted by Gasteiger charge is 2.17. The summed E-state index contributed by atoms with van der Waals surface area (Å²) in [5.41, 5.74) is 1.85. The van der Waals surface area contributed by atoms with Crippen LogP contribution in [-0.4, -0.2) is 17.9 Å². The van der Waals surface area contributed by atoms with Gasteiger partial charge in [0.1, 0.15) is 10.8 Å². The molecule has 3 nitrogen and oxygen atoms in total. The van der Waals surface area contributed by atoms with E-state index in [4.69, 9.17) is 4.74 Å². The van der Waals surface area contributed by atoms with Crippen molar-refractivity contribution < 1.29 is 9.53 Å². The molecule has 0 aliphatic heterocycles. The van der Waals surface area contributed by atoms with Crippen LogP contribution in [0.3, 0.4) is 0 Å². The Bertz CT molecular complexity index is 590. The summed E-state index contributed by atoms with van der Waals surface area (Å²) in [5.74, 6) is 0.872. The molecule has 100 valence electrons. The Hall–Kier alpha value is -1.68. The molecule has 0 amide bonds. The predicted octanol–water partition coefficient (Wildman–Crippen LogP) is 3.97. The van der Waals surface area contributed by atoms with E-state index in [0.717, 1.165) is 39.7 Å². The lowest BCUT2D eigenvalue weighted by atomic mass is 10.2. The lowest BCUT2D eigenvalue weighted by Gasteiger charge is -2.04. The number of rotatable bonds is 5. The van der Waals surface area contributed by atoms with E-state index in [-0.39, 0.29) is 5.78 Å². The summed E-state index contributed by atoms with van der Waals surface area (Å²) >= 11 is 1.45. The third kappa shape index (κ3) is 2.84. The Morgan fingerprint density at radius 1 is 1.37 bits per heavy atom. The van der Waals surface area contributed by atoms with Crippen molar-refractivity contribution in [3.05, 3.63) is 34.8 Å². The van der Waals surface area contributed by atoms with E-state index < -0.39 is 0 Å². The molecule has 0 aliphatic rings. The highest BCUT2D eigenvalue weighted by Crippen LogP contribution is 2.34. The molecule has 0 bridgehead atoms. The second-order valence-corrected chi connectivity index (χ2v) is 5.30. The summed E-state index contributed by atoms with van der Waals surface area (Å²) in [6.45, 7) is 3.69. The van der Waals surface area contributed by atoms with Gasteiger partial charge in [-0.3, -0.25) is 4.79 Å². The number of hydrogen-bond acceptors (Lipinski definition) is 4. The average molecular weight is 275 g/mol. The summed E-state index contributed by atoms with van der Waals surface area (Å²) < 4.78 is 5.35. The monoisotopic (exact) mass is 275 g/mol. The Morgan fingerprint density at radius 3 is 2.74 bits per heavy atom. The normalized spacial score (nSPS) is 10.5. The van der Waals surface area contributed by atoms with Crippen molar-refractivity contribution in [3.8, 4) is 16.3 Å². The molecule has 19 heavy (non-hydrogen) atoms. The minimum Gasteiger partial charge on any atom is -0.496 e. The fraction of sp³-hybridized carbons (Fsp3) is 0.333. The molecule has 0 fully saturated rings. The first-order valence-electron chi connectivity index (χ1n) is 6.31. The number of nitrogens with zero attached hydrogens (tertiary/aromatic N) is 1. The first-order chi connectivity index (χ1) is 9.17. The van der Waals surface area contributed by atoms with Gasteiger partial charge in [0.05, 0.1) is 23.2 Å². The molecule has 4 heteroatoms. The van der Waals surface area contributed by atoms with Crippen LogP contribution in [0.15, 0.2) is 24.3 Å². The lowest BCUT2D eigenvalue weighted by molar-refractivity contribution is 0.102. The zero-order valence-electron chi connectivity index (χ0n) is 11.4. The zero-order valence-corrected chi connectivity index (χ0v) is 12.2. The van der Waals surface area contributed by atoms with Crippen LogP contribution >= 0.6 is 11.3 Å². The Kier molecular flexibility index (Phi) is 4.32. The van der Waals surface area contributed by atoms with Crippen LogP contribution in [0.4, 0.5) is 0 Å². The molecular formula is C15H17NO2S. The number of carbonyl (C=O) groups is 1. The maximum atomic E-state index is 11.7. The average Bonchev–Trinajstić information content (AvgIpc) is 2.83. The van der Waals surface area contributed by atoms with E-state index in [9.17, 15) is 4.79 Å². The molecule has 0 spiro atoms. The molecule has 0 N–H and O–H groups in total. The minimum absolute atomic E-state index is 0.0853. The number of hydrogen-bond donors (Lipinski definition) is 0. The molecule has 0 atom stereocenters. The van der Waals surface area contributed by atoms with Crippen LogP contribution < -0.4 is 4.74 Å². The largest absolute Gasteiger partial charge is 0.496 e. The van der Waals surface area contributed by atoms with Gasteiger partial charge in [-0.05, 0) is 18.6 Å². The standard InChI is InChI=1S/C15H17NO2S/c1-4-7-12-14(10(2)17)19-15(16-12)11-8-5-6-9-13(11)18-3/h5-6,8-9H,4,7H2,1-3H3. The molecule has 1 aromatic carbocycles. The van der Waals surface area contributed by atoms with E-state index in [1.807, 2.05) is 24.3 Å². The molecular weight excluding hydrogens is 258 g/mol. The van der Waals surface area contributed by atoms with Crippen molar-refractivity contribution in [2.75, 3.05) is 7.11 Å². The van der Waals surface area contributed by atoms with Gasteiger partial charge in [0.15, 0.2) is 5.78 Å². The maximum Gasteiger partial charge on any atom is 0.171 e. The van der Waals surface area contributed by atoms with Crippen LogP contribution in [0.5, 0.6) is 5.75 Å². The highest BCUT2D eigenvalue weighted by atomic mass is 32.1. The summed E-state index contributed by atoms with van der Waals surface area (Å²) in [7, 11) is 1.64. The number of para-hydroxylation sites is 1. The van der Waals surface area contributed by atoms with E-state index in [2.05, 4.69) is 11.9 Å². The molecule has 0 saturated heterocycles. The number of benzene rings is 1. The molecule has 1 aromatic heterocycles. The van der Waals surface area contributed by atoms with E-state index in [1.54, 1.807) is 14.0 Å². The number of thiazole rings is 1. The van der Waals surface area contributed by atoms with Gasteiger partial charge in [0.2, 0.25) is 0 Å². The van der Waals surface area contributed by atoms with Gasteiger partial charge in [-0.1, -0.05) is 25.5 Å². The Labute approximate surface area is 117 Å². The number of carbonyl (C=O) groups excluding carboxylic acids is 1. The second kappa shape index (κ2) is 5.97. The van der Waals surface area contributed by atoms with E-state index in [1.165, 1.54) is 11.3 Å². The van der Waals surface area contributed by atoms with Gasteiger partial charge >= 0.3 is 0 Å². The summed E-state index contributed by atoms with van der Waals surface area (Å²) in [6.07, 6.45) is 1.82. The van der Waals surface area contributed by atoms with Gasteiger partial charge in [0, 0.05) is 6.92 Å². The SMILES string of the molecule is CCCc1nc(-c2ccccc2OC)sc1C(C)=O. The lowest BCUT2D eigenvalue weighted by Crippen LogP contribution is -1.95. The molecule has 0 radical (unpaired) electrons. The Morgan fingerprint density at radius 2 is 2.11 bits per heavy atom. The van der Waals surface area contributed by atoms with Crippen molar-refractivity contribution in [2.24, 2.45) is 0 Å². The number of aromatic nitrogens is 1. The van der Waals surface area contributed by atoms with Crippen molar-refractivity contribution in [1.29, 1.82) is 0 Å². The van der Waals surface area contributed by atoms with Crippen molar-refractivity contribution in [1.82, 2.24) is 4.98 Å². The molecule has 2 aromatic rings. The minimum atomic E-state index is 0.0853. The third-order valence-electron chi connectivity index (χ3n) is 2.84. The number of ether oxygens (including phenoxy) is 1. The third-order valence-corrected chi connectivity index (χ3v) is 4.07. The molecule has 1 heterocycles. The fourth-order valence-electron chi connectivity index (χ4n) is 1.97. The number of ketones is 1. The van der Waals surface area contributed by atoms with E-state index in [0.29, 0.717) is 0 Å². The molecule has 0 aliphatic carbocycles. The van der Waals surface area contributed by atoms with Gasteiger partial charge in [-0.2, -0.15) is 0 Å². The summed E-state index contributed by atoms with van der Waals surface area (Å²) in [6, 6.07) is 7.75. The highest BCUT2D eigenvalue weighted by molar-refractivity contribution is 7.17. The fourth-order valence-corrected chi connectivity index (χ4v) is 3.01. The predicted molar refractivity (Wildman–Crippen MR) is 78.1 cm³/mol. The van der Waals surface area contributed by atoms with Crippen LogP contribution in [0.1, 0.15) is 35.6 Å². The van der Waals surface area contributed by atoms with Crippen molar-refractivity contribution >= 4 is 17.1 Å². The van der Waals surface area contributed by atoms with Crippen LogP contribution in [-0.2, 0) is 6.42 Å². The van der Waals surface area contributed by atoms with Crippen molar-refractivity contribution in [3.63, 3.8) is 0 Å². The smallest absolute Gasteiger partial charge is 0.171 e. The van der Waals surface area contributed by atoms with Gasteiger partial charge in [0.25, 0.3) is 0 Å². The molecule has 2 rings (SSSR count). The van der Waals surface area contributed by atoms with Crippen LogP contribution in [0.25, 0.3) is 10.6 Å². The molecule has 0 unspecified atom stereocenters. The first kappa shape index (κ1) is 13.7. The zero-order chi connectivity index (χ0) is 13.8. The number of aryl methyl sites for hydroxylation is 1. The number of methoxy groups -OCH3 is 1. The summed E-state index contributed by atoms with van der Waals surface area (Å²) in [5, 5.41) is 0.853. The maximum absolute atomic E-state index is 11.7. The number of Topliss-reactive ketones (excluding diaryl/α,β-unsaturated/α-hetero) is 1. The van der Waals surface area contributed by atoms with Crippen LogP contribution in [0, 0.1) is 0 Å². The first-order valence-corrected chi connectivity index (χ1v) is 7.13. The summed E-state index contributed by atoms with van der Waals surface area (Å²) in [4.78, 5) is 17.1. The Balaban J connectivity index is 2.51. The van der Waals surface area contributed by atoms with Gasteiger partial charge in [-0.15, -0.1) is 11.3 Å². The van der Waals surface area contributed by atoms with Gasteiger partial charge in [-0.25, -0.2) is 4.98 Å². The van der Waals surface area contributed by atoms with E-state index >= 15 is 0 Å². The topological polar surface area (TPSA) is 39.2 Å². The second-order valence-electron chi connectivity index (χ2n) is 4.30. The van der Waals surface area contributed by atoms with Gasteiger partial charge < -0.3 is 4.74 Å².